The zero-order chi connectivity index (χ0) is 17.8. The van der Waals surface area contributed by atoms with E-state index in [1.807, 2.05) is 0 Å². The molecule has 128 valence electrons. The molecule has 0 saturated carbocycles. The third-order valence-corrected chi connectivity index (χ3v) is 3.59. The third-order valence-electron chi connectivity index (χ3n) is 3.59. The molecule has 0 radical (unpaired) electrons. The Morgan fingerprint density at radius 3 is 1.25 bits per heavy atom. The van der Waals surface area contributed by atoms with Gasteiger partial charge in [0.2, 0.25) is 12.3 Å². The standard InChI is InChI=1S/C6H6N10O8/c17-13(18)9-1-7-3-5(9)12(16(23)24)4-6(11(3)15(21)22)10(2-8-4)14(19)20/h1-6H. The molecule has 1 saturated heterocycles. The molecule has 24 heavy (non-hydrogen) atoms. The Morgan fingerprint density at radius 2 is 1.00 bits per heavy atom. The van der Waals surface area contributed by atoms with Crippen LogP contribution < -0.4 is 0 Å². The van der Waals surface area contributed by atoms with E-state index in [9.17, 15) is 40.5 Å². The second kappa shape index (κ2) is 4.82. The summed E-state index contributed by atoms with van der Waals surface area (Å²) in [6.07, 6.45) is -5.87. The van der Waals surface area contributed by atoms with Gasteiger partial charge in [0.25, 0.3) is 12.3 Å². The van der Waals surface area contributed by atoms with E-state index >= 15 is 0 Å². The molecule has 18 heteroatoms. The highest BCUT2D eigenvalue weighted by molar-refractivity contribution is 5.59. The number of hydrogen-bond acceptors (Lipinski definition) is 10. The van der Waals surface area contributed by atoms with Crippen LogP contribution in [-0.4, -0.2) is 77.5 Å². The van der Waals surface area contributed by atoms with E-state index in [0.717, 1.165) is 0 Å². The summed E-state index contributed by atoms with van der Waals surface area (Å²) in [5, 5.41) is 41.4. The normalized spacial score (nSPS) is 30.3. The van der Waals surface area contributed by atoms with Crippen LogP contribution in [0.3, 0.4) is 0 Å². The zero-order valence-corrected chi connectivity index (χ0v) is 11.2. The molecular formula is C6H6N10O8. The van der Waals surface area contributed by atoms with Gasteiger partial charge in [-0.3, -0.25) is 0 Å². The van der Waals surface area contributed by atoms with E-state index in [2.05, 4.69) is 9.98 Å². The number of nitrogens with zero attached hydrogens (tertiary/aromatic N) is 10. The lowest BCUT2D eigenvalue weighted by atomic mass is 10.2. The quantitative estimate of drug-likeness (QED) is 0.377. The Hall–Kier alpha value is -3.86. The van der Waals surface area contributed by atoms with Crippen molar-refractivity contribution in [3.05, 3.63) is 40.5 Å². The van der Waals surface area contributed by atoms with Gasteiger partial charge in [-0.05, 0) is 0 Å². The van der Waals surface area contributed by atoms with Gasteiger partial charge < -0.3 is 0 Å². The van der Waals surface area contributed by atoms with E-state index in [1.165, 1.54) is 0 Å². The van der Waals surface area contributed by atoms with Crippen LogP contribution in [-0.2, 0) is 0 Å². The molecule has 0 amide bonds. The highest BCUT2D eigenvalue weighted by Gasteiger charge is 2.69. The maximum Gasteiger partial charge on any atom is 0.272 e. The predicted octanol–water partition coefficient (Wildman–Crippen LogP) is -2.64. The number of rotatable bonds is 4. The van der Waals surface area contributed by atoms with E-state index in [-0.39, 0.29) is 20.0 Å². The Labute approximate surface area is 129 Å². The monoisotopic (exact) mass is 346 g/mol. The van der Waals surface area contributed by atoms with Crippen molar-refractivity contribution < 1.29 is 20.1 Å². The lowest BCUT2D eigenvalue weighted by molar-refractivity contribution is -0.768. The number of fused-ring (bicyclic) bond motifs is 2. The van der Waals surface area contributed by atoms with Crippen molar-refractivity contribution >= 4 is 12.7 Å². The summed E-state index contributed by atoms with van der Waals surface area (Å²) in [6, 6.07) is 0. The lowest BCUT2D eigenvalue weighted by Gasteiger charge is -2.39. The SMILES string of the molecule is O=[N+]([O-])N1C=NC2C1N([N+](=O)[O-])C1N=CN([N+](=O)[O-])C1N2[N+](=O)[O-]. The zero-order valence-electron chi connectivity index (χ0n) is 11.2. The Balaban J connectivity index is 2.11. The van der Waals surface area contributed by atoms with E-state index in [0.29, 0.717) is 12.7 Å². The largest absolute Gasteiger partial charge is 0.272 e. The molecule has 0 aromatic heterocycles. The van der Waals surface area contributed by atoms with Crippen LogP contribution in [0.25, 0.3) is 0 Å². The maximum atomic E-state index is 11.3. The fraction of sp³-hybridized carbons (Fsp3) is 0.667. The molecule has 3 aliphatic heterocycles. The highest BCUT2D eigenvalue weighted by Crippen LogP contribution is 2.35. The van der Waals surface area contributed by atoms with Crippen molar-refractivity contribution in [2.24, 2.45) is 9.98 Å². The fourth-order valence-electron chi connectivity index (χ4n) is 2.74. The first kappa shape index (κ1) is 15.1. The Bertz CT molecular complexity index is 635. The average Bonchev–Trinajstić information content (AvgIpc) is 3.07. The average molecular weight is 346 g/mol. The third kappa shape index (κ3) is 1.82. The van der Waals surface area contributed by atoms with Crippen LogP contribution in [0.1, 0.15) is 0 Å². The predicted molar refractivity (Wildman–Crippen MR) is 67.5 cm³/mol. The van der Waals surface area contributed by atoms with Crippen molar-refractivity contribution in [2.45, 2.75) is 24.7 Å². The number of piperazine rings is 1. The van der Waals surface area contributed by atoms with Gasteiger partial charge in [-0.15, -0.1) is 0 Å². The highest BCUT2D eigenvalue weighted by atomic mass is 16.7. The first-order valence-corrected chi connectivity index (χ1v) is 6.03. The van der Waals surface area contributed by atoms with Crippen LogP contribution in [0, 0.1) is 40.5 Å². The number of hydrogen-bond donors (Lipinski definition) is 0. The van der Waals surface area contributed by atoms with Gasteiger partial charge in [-0.25, -0.2) is 50.4 Å². The summed E-state index contributed by atoms with van der Waals surface area (Å²) in [7, 11) is 0. The maximum absolute atomic E-state index is 11.3. The minimum atomic E-state index is -1.80. The van der Waals surface area contributed by atoms with Gasteiger partial charge in [0.05, 0.1) is 0 Å². The molecule has 0 N–H and O–H groups in total. The van der Waals surface area contributed by atoms with Crippen LogP contribution in [0.5, 0.6) is 0 Å². The van der Waals surface area contributed by atoms with Gasteiger partial charge >= 0.3 is 0 Å². The van der Waals surface area contributed by atoms with Gasteiger partial charge in [-0.2, -0.15) is 0 Å². The Kier molecular flexibility index (Phi) is 3.02. The van der Waals surface area contributed by atoms with Crippen molar-refractivity contribution in [1.82, 2.24) is 20.0 Å². The van der Waals surface area contributed by atoms with Gasteiger partial charge in [0, 0.05) is 0 Å². The molecule has 4 atom stereocenters. The molecule has 1 fully saturated rings. The Morgan fingerprint density at radius 1 is 0.667 bits per heavy atom. The number of nitro groups is 4. The van der Waals surface area contributed by atoms with Gasteiger partial charge in [-0.1, -0.05) is 20.0 Å². The van der Waals surface area contributed by atoms with E-state index in [1.54, 1.807) is 0 Å². The molecule has 0 aromatic rings. The minimum Gasteiger partial charge on any atom is -0.235 e. The first-order chi connectivity index (χ1) is 11.3. The summed E-state index contributed by atoms with van der Waals surface area (Å²) in [4.78, 5) is 51.8. The van der Waals surface area contributed by atoms with Crippen molar-refractivity contribution in [1.29, 1.82) is 0 Å². The molecule has 0 spiro atoms. The molecule has 4 unspecified atom stereocenters. The summed E-state index contributed by atoms with van der Waals surface area (Å²) in [5.41, 5.74) is 0. The summed E-state index contributed by atoms with van der Waals surface area (Å²) in [5.74, 6) is 0. The van der Waals surface area contributed by atoms with Crippen molar-refractivity contribution in [3.63, 3.8) is 0 Å². The van der Waals surface area contributed by atoms with E-state index < -0.39 is 44.8 Å². The molecule has 0 aromatic carbocycles. The molecule has 18 nitrogen and oxygen atoms in total. The molecule has 3 rings (SSSR count). The van der Waals surface area contributed by atoms with Crippen LogP contribution in [0.2, 0.25) is 0 Å². The van der Waals surface area contributed by atoms with Crippen molar-refractivity contribution in [3.8, 4) is 0 Å². The molecule has 0 aliphatic carbocycles. The smallest absolute Gasteiger partial charge is 0.235 e. The summed E-state index contributed by atoms with van der Waals surface area (Å²) < 4.78 is 0. The summed E-state index contributed by atoms with van der Waals surface area (Å²) in [6.45, 7) is 0. The second-order valence-corrected chi connectivity index (χ2v) is 4.65. The molecular weight excluding hydrogens is 340 g/mol. The van der Waals surface area contributed by atoms with E-state index in [4.69, 9.17) is 0 Å². The topological polar surface area (TPSA) is 210 Å². The minimum absolute atomic E-state index is 0.213. The van der Waals surface area contributed by atoms with Crippen LogP contribution >= 0.6 is 0 Å². The number of hydrazine groups is 4. The molecule has 3 heterocycles. The first-order valence-electron chi connectivity index (χ1n) is 6.03. The second-order valence-electron chi connectivity index (χ2n) is 4.65. The molecule has 0 bridgehead atoms. The van der Waals surface area contributed by atoms with Crippen LogP contribution in [0.15, 0.2) is 9.98 Å². The van der Waals surface area contributed by atoms with Crippen molar-refractivity contribution in [2.75, 3.05) is 0 Å². The molecule has 3 aliphatic rings. The lowest BCUT2D eigenvalue weighted by Crippen LogP contribution is -2.74. The van der Waals surface area contributed by atoms with Gasteiger partial charge in [0.15, 0.2) is 32.8 Å². The number of aliphatic imine (C=N–C) groups is 2. The van der Waals surface area contributed by atoms with Crippen LogP contribution in [0.4, 0.5) is 0 Å². The van der Waals surface area contributed by atoms with Gasteiger partial charge in [0.1, 0.15) is 0 Å². The fourth-order valence-corrected chi connectivity index (χ4v) is 2.74. The summed E-state index contributed by atoms with van der Waals surface area (Å²) >= 11 is 0.